The number of hydrogen-bond acceptors (Lipinski definition) is 2. The summed E-state index contributed by atoms with van der Waals surface area (Å²) >= 11 is 3.40. The summed E-state index contributed by atoms with van der Waals surface area (Å²) in [6.07, 6.45) is 2.07. The van der Waals surface area contributed by atoms with Gasteiger partial charge in [-0.05, 0) is 46.8 Å². The summed E-state index contributed by atoms with van der Waals surface area (Å²) in [7, 11) is 1.60. The van der Waals surface area contributed by atoms with Gasteiger partial charge in [0, 0.05) is 0 Å². The van der Waals surface area contributed by atoms with E-state index in [2.05, 4.69) is 15.9 Å². The summed E-state index contributed by atoms with van der Waals surface area (Å²) < 4.78 is 6.16. The molecule has 4 heteroatoms. The van der Waals surface area contributed by atoms with E-state index in [1.165, 1.54) is 0 Å². The standard InChI is InChI=1S/C12H13BrO3/c1-16-10-8(3-2-4-9(10)13)7-12(5-6-12)11(14)15/h2-4H,5-7H2,1H3,(H,14,15). The van der Waals surface area contributed by atoms with Gasteiger partial charge in [-0.1, -0.05) is 12.1 Å². The molecule has 1 saturated carbocycles. The summed E-state index contributed by atoms with van der Waals surface area (Å²) in [5.74, 6) is 0.0459. The van der Waals surface area contributed by atoms with Gasteiger partial charge in [-0.25, -0.2) is 0 Å². The Labute approximate surface area is 103 Å². The molecule has 16 heavy (non-hydrogen) atoms. The largest absolute Gasteiger partial charge is 0.495 e. The van der Waals surface area contributed by atoms with Gasteiger partial charge in [-0.2, -0.15) is 0 Å². The molecule has 0 atom stereocenters. The maximum atomic E-state index is 11.1. The van der Waals surface area contributed by atoms with Gasteiger partial charge >= 0.3 is 5.97 Å². The lowest BCUT2D eigenvalue weighted by Gasteiger charge is -2.14. The molecule has 0 saturated heterocycles. The predicted molar refractivity (Wildman–Crippen MR) is 63.7 cm³/mol. The molecular weight excluding hydrogens is 272 g/mol. The average Bonchev–Trinajstić information content (AvgIpc) is 2.99. The summed E-state index contributed by atoms with van der Waals surface area (Å²) in [5.41, 5.74) is 0.408. The molecule has 1 fully saturated rings. The molecule has 0 aromatic heterocycles. The van der Waals surface area contributed by atoms with E-state index >= 15 is 0 Å². The second kappa shape index (κ2) is 4.09. The first-order valence-electron chi connectivity index (χ1n) is 5.14. The van der Waals surface area contributed by atoms with Gasteiger partial charge in [0.1, 0.15) is 5.75 Å². The molecule has 86 valence electrons. The van der Waals surface area contributed by atoms with E-state index in [9.17, 15) is 4.79 Å². The summed E-state index contributed by atoms with van der Waals surface area (Å²) in [6, 6.07) is 5.72. The first-order chi connectivity index (χ1) is 7.59. The third kappa shape index (κ3) is 1.94. The molecule has 2 rings (SSSR count). The van der Waals surface area contributed by atoms with E-state index in [-0.39, 0.29) is 0 Å². The summed E-state index contributed by atoms with van der Waals surface area (Å²) in [6.45, 7) is 0. The van der Waals surface area contributed by atoms with Crippen molar-refractivity contribution in [3.8, 4) is 5.75 Å². The Morgan fingerprint density at radius 1 is 1.56 bits per heavy atom. The van der Waals surface area contributed by atoms with Crippen LogP contribution in [0.2, 0.25) is 0 Å². The number of carbonyl (C=O) groups is 1. The maximum absolute atomic E-state index is 11.1. The van der Waals surface area contributed by atoms with Crippen LogP contribution in [-0.4, -0.2) is 18.2 Å². The SMILES string of the molecule is COc1c(Br)cccc1CC1(C(=O)O)CC1. The van der Waals surface area contributed by atoms with Gasteiger partial charge < -0.3 is 9.84 Å². The van der Waals surface area contributed by atoms with Crippen LogP contribution >= 0.6 is 15.9 Å². The number of rotatable bonds is 4. The number of hydrogen-bond donors (Lipinski definition) is 1. The predicted octanol–water partition coefficient (Wildman–Crippen LogP) is 2.87. The third-order valence-corrected chi connectivity index (χ3v) is 3.71. The third-order valence-electron chi connectivity index (χ3n) is 3.09. The van der Waals surface area contributed by atoms with Crippen LogP contribution in [0.4, 0.5) is 0 Å². The zero-order valence-corrected chi connectivity index (χ0v) is 10.6. The highest BCUT2D eigenvalue weighted by Crippen LogP contribution is 2.50. The highest BCUT2D eigenvalue weighted by atomic mass is 79.9. The van der Waals surface area contributed by atoms with E-state index in [4.69, 9.17) is 9.84 Å². The highest BCUT2D eigenvalue weighted by molar-refractivity contribution is 9.10. The molecule has 1 aliphatic rings. The number of para-hydroxylation sites is 1. The Balaban J connectivity index is 2.28. The van der Waals surface area contributed by atoms with Crippen LogP contribution in [0.25, 0.3) is 0 Å². The zero-order chi connectivity index (χ0) is 11.8. The van der Waals surface area contributed by atoms with Crippen molar-refractivity contribution in [1.82, 2.24) is 0 Å². The van der Waals surface area contributed by atoms with Crippen molar-refractivity contribution in [2.24, 2.45) is 5.41 Å². The Hall–Kier alpha value is -1.03. The average molecular weight is 285 g/mol. The molecule has 0 spiro atoms. The van der Waals surface area contributed by atoms with Crippen LogP contribution in [0, 0.1) is 5.41 Å². The molecule has 0 heterocycles. The minimum absolute atomic E-state index is 0.547. The van der Waals surface area contributed by atoms with Crippen molar-refractivity contribution >= 4 is 21.9 Å². The lowest BCUT2D eigenvalue weighted by atomic mass is 9.96. The molecule has 1 aromatic carbocycles. The van der Waals surface area contributed by atoms with Crippen LogP contribution in [0.15, 0.2) is 22.7 Å². The van der Waals surface area contributed by atoms with Crippen LogP contribution in [-0.2, 0) is 11.2 Å². The Kier molecular flexibility index (Phi) is 2.93. The van der Waals surface area contributed by atoms with E-state index < -0.39 is 11.4 Å². The van der Waals surface area contributed by atoms with E-state index in [1.807, 2.05) is 18.2 Å². The van der Waals surface area contributed by atoms with E-state index in [0.29, 0.717) is 6.42 Å². The monoisotopic (exact) mass is 284 g/mol. The number of methoxy groups -OCH3 is 1. The van der Waals surface area contributed by atoms with Gasteiger partial charge in [0.25, 0.3) is 0 Å². The molecule has 0 aliphatic heterocycles. The molecule has 1 N–H and O–H groups in total. The quantitative estimate of drug-likeness (QED) is 0.925. The topological polar surface area (TPSA) is 46.5 Å². The van der Waals surface area contributed by atoms with Crippen LogP contribution < -0.4 is 4.74 Å². The summed E-state index contributed by atoms with van der Waals surface area (Å²) in [4.78, 5) is 11.1. The number of carboxylic acid groups (broad SMARTS) is 1. The number of halogens is 1. The van der Waals surface area contributed by atoms with Crippen LogP contribution in [0.3, 0.4) is 0 Å². The van der Waals surface area contributed by atoms with Crippen molar-refractivity contribution in [1.29, 1.82) is 0 Å². The van der Waals surface area contributed by atoms with Crippen LogP contribution in [0.1, 0.15) is 18.4 Å². The second-order valence-electron chi connectivity index (χ2n) is 4.19. The first-order valence-corrected chi connectivity index (χ1v) is 5.93. The molecule has 0 unspecified atom stereocenters. The van der Waals surface area contributed by atoms with Crippen molar-refractivity contribution in [2.75, 3.05) is 7.11 Å². The smallest absolute Gasteiger partial charge is 0.309 e. The highest BCUT2D eigenvalue weighted by Gasteiger charge is 2.50. The fourth-order valence-electron chi connectivity index (χ4n) is 1.90. The van der Waals surface area contributed by atoms with Crippen LogP contribution in [0.5, 0.6) is 5.75 Å². The van der Waals surface area contributed by atoms with Gasteiger partial charge in [0.15, 0.2) is 0 Å². The second-order valence-corrected chi connectivity index (χ2v) is 5.05. The van der Waals surface area contributed by atoms with Gasteiger partial charge in [0.05, 0.1) is 17.0 Å². The van der Waals surface area contributed by atoms with Gasteiger partial charge in [-0.15, -0.1) is 0 Å². The zero-order valence-electron chi connectivity index (χ0n) is 9.00. The van der Waals surface area contributed by atoms with Crippen molar-refractivity contribution in [2.45, 2.75) is 19.3 Å². The Bertz CT molecular complexity index is 424. The maximum Gasteiger partial charge on any atom is 0.309 e. The van der Waals surface area contributed by atoms with Crippen molar-refractivity contribution in [3.05, 3.63) is 28.2 Å². The van der Waals surface area contributed by atoms with Gasteiger partial charge in [0.2, 0.25) is 0 Å². The van der Waals surface area contributed by atoms with Crippen molar-refractivity contribution < 1.29 is 14.6 Å². The molecule has 1 aliphatic carbocycles. The Morgan fingerprint density at radius 3 is 2.75 bits per heavy atom. The normalized spacial score (nSPS) is 16.9. The number of carboxylic acids is 1. The molecule has 0 amide bonds. The van der Waals surface area contributed by atoms with Crippen molar-refractivity contribution in [3.63, 3.8) is 0 Å². The minimum atomic E-state index is -0.700. The molecule has 0 radical (unpaired) electrons. The molecule has 0 bridgehead atoms. The van der Waals surface area contributed by atoms with E-state index in [0.717, 1.165) is 28.6 Å². The molecular formula is C12H13BrO3. The summed E-state index contributed by atoms with van der Waals surface area (Å²) in [5, 5.41) is 9.15. The number of aliphatic carboxylic acids is 1. The van der Waals surface area contributed by atoms with E-state index in [1.54, 1.807) is 7.11 Å². The molecule has 1 aromatic rings. The lowest BCUT2D eigenvalue weighted by Crippen LogP contribution is -2.18. The first kappa shape index (κ1) is 11.5. The number of ether oxygens (including phenoxy) is 1. The lowest BCUT2D eigenvalue weighted by molar-refractivity contribution is -0.143. The number of benzene rings is 1. The minimum Gasteiger partial charge on any atom is -0.495 e. The fourth-order valence-corrected chi connectivity index (χ4v) is 2.47. The molecule has 3 nitrogen and oxygen atoms in total. The Morgan fingerprint density at radius 2 is 2.25 bits per heavy atom. The van der Waals surface area contributed by atoms with Gasteiger partial charge in [-0.3, -0.25) is 4.79 Å². The fraction of sp³-hybridized carbons (Fsp3) is 0.417.